The fourth-order valence-corrected chi connectivity index (χ4v) is 0. The summed E-state index contributed by atoms with van der Waals surface area (Å²) in [6.07, 6.45) is 0. The maximum Gasteiger partial charge on any atom is 0.0832 e. The molecule has 0 rings (SSSR count). The smallest absolute Gasteiger partial charge is 0.0832 e. The zero-order valence-corrected chi connectivity index (χ0v) is 9.27. The van der Waals surface area contributed by atoms with Gasteiger partial charge in [0.2, 0.25) is 0 Å². The minimum atomic E-state index is 0. The van der Waals surface area contributed by atoms with Gasteiger partial charge < -0.3 is 0 Å². The summed E-state index contributed by atoms with van der Waals surface area (Å²) in [5.74, 6) is 0. The predicted octanol–water partition coefficient (Wildman–Crippen LogP) is 3.93. The van der Waals surface area contributed by atoms with E-state index in [0.29, 0.717) is 0 Å². The maximum absolute atomic E-state index is 4.26. The quantitative estimate of drug-likeness (QED) is 0.632. The van der Waals surface area contributed by atoms with Gasteiger partial charge in [-0.3, -0.25) is 0 Å². The average molecular weight is 324 g/mol. The van der Waals surface area contributed by atoms with Crippen molar-refractivity contribution in [1.82, 2.24) is 0 Å². The third-order valence-corrected chi connectivity index (χ3v) is 0. The predicted molar refractivity (Wildman–Crippen MR) is 38.4 cm³/mol. The van der Waals surface area contributed by atoms with Gasteiger partial charge in [-0.25, -0.2) is 0 Å². The molecule has 0 fully saturated rings. The van der Waals surface area contributed by atoms with Crippen molar-refractivity contribution in [2.24, 2.45) is 0 Å². The van der Waals surface area contributed by atoms with Gasteiger partial charge in [-0.2, -0.15) is 11.5 Å². The van der Waals surface area contributed by atoms with Gasteiger partial charge in [0, 0.05) is 17.1 Å². The zero-order chi connectivity index (χ0) is 8.12. The number of rotatable bonds is 0. The second kappa shape index (κ2) is 43.4. The average Bonchev–Trinajstić information content (AvgIpc) is 1.70. The van der Waals surface area contributed by atoms with Crippen molar-refractivity contribution in [3.63, 3.8) is 0 Å². The Kier molecular flexibility index (Phi) is 98.6. The number of hydrogen-bond acceptors (Lipinski definition) is 3. The molecule has 71 valence electrons. The van der Waals surface area contributed by atoms with Gasteiger partial charge in [0.05, 0.1) is 71.2 Å². The fraction of sp³-hybridized carbons (Fsp3) is 0. The monoisotopic (exact) mass is 321 g/mol. The molecule has 0 unspecified atom stereocenters. The molecule has 0 aromatic carbocycles. The first-order valence-electron chi connectivity index (χ1n) is 0.926. The molecule has 0 aliphatic carbocycles. The normalized spacial score (nSPS) is 5.40. The van der Waals surface area contributed by atoms with Gasteiger partial charge in [-0.15, -0.1) is 0 Å². The van der Waals surface area contributed by atoms with Crippen LogP contribution in [-0.4, -0.2) is 0 Å². The topological polar surface area (TPSA) is 27.7 Å². The van der Waals surface area contributed by atoms with Crippen molar-refractivity contribution in [2.75, 3.05) is 0 Å². The van der Waals surface area contributed by atoms with Gasteiger partial charge in [-0.05, 0) is 0 Å². The molecule has 0 aliphatic rings. The van der Waals surface area contributed by atoms with Crippen molar-refractivity contribution in [1.29, 1.82) is 0 Å². The summed E-state index contributed by atoms with van der Waals surface area (Å²) in [4.78, 5) is 0. The van der Waals surface area contributed by atoms with Gasteiger partial charge >= 0.3 is 0 Å². The number of hydrogen-bond donors (Lipinski definition) is 0. The molecule has 0 aromatic rings. The van der Waals surface area contributed by atoms with Crippen LogP contribution in [0.25, 0.3) is 0 Å². The van der Waals surface area contributed by atoms with E-state index in [9.17, 15) is 0 Å². The fourth-order valence-electron chi connectivity index (χ4n) is 0. The van der Waals surface area contributed by atoms with Crippen LogP contribution in [-0.2, 0) is 28.6 Å². The van der Waals surface area contributed by atoms with E-state index in [4.69, 9.17) is 0 Å². The van der Waals surface area contributed by atoms with Gasteiger partial charge in [0.15, 0.2) is 0 Å². The van der Waals surface area contributed by atoms with Crippen molar-refractivity contribution < 1.29 is 28.6 Å². The maximum atomic E-state index is 4.26. The van der Waals surface area contributed by atoms with E-state index in [1.54, 1.807) is 0 Å². The van der Waals surface area contributed by atoms with Crippen LogP contribution >= 0.6 is 71.2 Å². The summed E-state index contributed by atoms with van der Waals surface area (Å²) < 4.78 is 9.58. The molecule has 10 heavy (non-hydrogen) atoms. The molecule has 0 saturated heterocycles. The van der Waals surface area contributed by atoms with Crippen LogP contribution in [0.2, 0.25) is 0 Å². The summed E-state index contributed by atoms with van der Waals surface area (Å²) in [6, 6.07) is 0. The molecule has 1 radical (unpaired) electrons. The first-order chi connectivity index (χ1) is 4.24. The molecule has 0 heterocycles. The molecular weight excluding hydrogens is 324 g/mol. The summed E-state index contributed by atoms with van der Waals surface area (Å²) in [6.45, 7) is 0. The Labute approximate surface area is 99.2 Å². The van der Waals surface area contributed by atoms with Crippen LogP contribution in [0.15, 0.2) is 0 Å². The second-order valence-corrected chi connectivity index (χ2v) is 1.57. The molecule has 0 bridgehead atoms. The molecule has 3 nitrogen and oxygen atoms in total. The second-order valence-electron chi connectivity index (χ2n) is 0.175. The SMILES string of the molecule is ClOCl.ClOCl.ClOCl.[Cu]. The van der Waals surface area contributed by atoms with Crippen LogP contribution in [0.3, 0.4) is 0 Å². The summed E-state index contributed by atoms with van der Waals surface area (Å²) in [5.41, 5.74) is 0. The van der Waals surface area contributed by atoms with E-state index in [2.05, 4.69) is 82.7 Å². The Morgan fingerprint density at radius 3 is 0.500 bits per heavy atom. The van der Waals surface area contributed by atoms with E-state index in [0.717, 1.165) is 0 Å². The molecule has 0 spiro atoms. The third kappa shape index (κ3) is 185. The molecule has 0 atom stereocenters. The molecule has 0 saturated carbocycles. The van der Waals surface area contributed by atoms with Crippen LogP contribution in [0.4, 0.5) is 0 Å². The molecular formula is Cl6CuO3. The van der Waals surface area contributed by atoms with Crippen molar-refractivity contribution in [3.05, 3.63) is 0 Å². The first kappa shape index (κ1) is 22.7. The van der Waals surface area contributed by atoms with E-state index < -0.39 is 0 Å². The standard InChI is InChI=1S/3Cl2O.Cu/c3*1-3-2;. The molecule has 0 aliphatic heterocycles. The summed E-state index contributed by atoms with van der Waals surface area (Å²) in [5, 5.41) is 0. The van der Waals surface area contributed by atoms with Gasteiger partial charge in [0.1, 0.15) is 0 Å². The number of halogens is 6. The van der Waals surface area contributed by atoms with Crippen LogP contribution in [0, 0.1) is 0 Å². The molecule has 10 heteroatoms. The van der Waals surface area contributed by atoms with Crippen LogP contribution in [0.5, 0.6) is 0 Å². The third-order valence-electron chi connectivity index (χ3n) is 0. The minimum Gasteiger partial charge on any atom is -0.166 e. The van der Waals surface area contributed by atoms with Crippen molar-refractivity contribution >= 4 is 71.2 Å². The molecule has 0 N–H and O–H groups in total. The Bertz CT molecular complexity index is 17.7. The Morgan fingerprint density at radius 2 is 0.500 bits per heavy atom. The van der Waals surface area contributed by atoms with E-state index >= 15 is 0 Å². The zero-order valence-electron chi connectivity index (χ0n) is 3.79. The molecule has 0 amide bonds. The Morgan fingerprint density at radius 1 is 0.500 bits per heavy atom. The first-order valence-corrected chi connectivity index (χ1v) is 2.78. The molecule has 0 aromatic heterocycles. The van der Waals surface area contributed by atoms with E-state index in [1.165, 1.54) is 0 Å². The summed E-state index contributed by atoms with van der Waals surface area (Å²) in [7, 11) is 0. The summed E-state index contributed by atoms with van der Waals surface area (Å²) >= 11 is 25.6. The largest absolute Gasteiger partial charge is 0.166 e. The Balaban J connectivity index is -0.0000000257. The van der Waals surface area contributed by atoms with Crippen LogP contribution < -0.4 is 0 Å². The van der Waals surface area contributed by atoms with Crippen molar-refractivity contribution in [2.45, 2.75) is 0 Å². The van der Waals surface area contributed by atoms with Gasteiger partial charge in [-0.1, -0.05) is 0 Å². The van der Waals surface area contributed by atoms with E-state index in [-0.39, 0.29) is 17.1 Å². The Hall–Kier alpha value is 2.14. The minimum absolute atomic E-state index is 0. The van der Waals surface area contributed by atoms with E-state index in [1.807, 2.05) is 0 Å². The van der Waals surface area contributed by atoms with Crippen molar-refractivity contribution in [3.8, 4) is 0 Å². The van der Waals surface area contributed by atoms with Crippen LogP contribution in [0.1, 0.15) is 0 Å². The van der Waals surface area contributed by atoms with Gasteiger partial charge in [0.25, 0.3) is 0 Å².